The number of hydrogen-bond donors (Lipinski definition) is 3. The van der Waals surface area contributed by atoms with E-state index in [2.05, 4.69) is 20.4 Å². The van der Waals surface area contributed by atoms with Crippen molar-refractivity contribution >= 4 is 11.8 Å². The topological polar surface area (TPSA) is 177 Å². The summed E-state index contributed by atoms with van der Waals surface area (Å²) in [6.45, 7) is -0.260. The SMILES string of the molecule is NC(=O)c1cn(-c2nc(C(N)=O)n(COCCO)n2)nn1. The van der Waals surface area contributed by atoms with Crippen LogP contribution in [0.3, 0.4) is 0 Å². The zero-order valence-electron chi connectivity index (χ0n) is 10.7. The average molecular weight is 296 g/mol. The minimum atomic E-state index is -0.823. The van der Waals surface area contributed by atoms with Crippen molar-refractivity contribution in [2.24, 2.45) is 11.5 Å². The molecule has 0 radical (unpaired) electrons. The van der Waals surface area contributed by atoms with E-state index in [9.17, 15) is 9.59 Å². The normalized spacial score (nSPS) is 10.7. The number of carbonyl (C=O) groups is 2. The fraction of sp³-hybridized carbons (Fsp3) is 0.333. The molecule has 0 saturated heterocycles. The Hall–Kier alpha value is -2.86. The molecule has 2 rings (SSSR count). The Kier molecular flexibility index (Phi) is 4.20. The van der Waals surface area contributed by atoms with Gasteiger partial charge in [-0.15, -0.1) is 10.2 Å². The van der Waals surface area contributed by atoms with Crippen molar-refractivity contribution < 1.29 is 19.4 Å². The Bertz CT molecular complexity index is 663. The minimum absolute atomic E-state index is 0.0311. The Morgan fingerprint density at radius 1 is 1.33 bits per heavy atom. The Morgan fingerprint density at radius 3 is 2.67 bits per heavy atom. The highest BCUT2D eigenvalue weighted by atomic mass is 16.5. The molecular weight excluding hydrogens is 284 g/mol. The number of nitrogens with zero attached hydrogens (tertiary/aromatic N) is 6. The maximum atomic E-state index is 11.3. The summed E-state index contributed by atoms with van der Waals surface area (Å²) in [6.07, 6.45) is 1.21. The molecule has 0 saturated carbocycles. The Labute approximate surface area is 117 Å². The molecule has 2 aromatic heterocycles. The molecule has 0 aliphatic carbocycles. The number of aromatic nitrogens is 6. The summed E-state index contributed by atoms with van der Waals surface area (Å²) in [5, 5.41) is 19.7. The molecule has 12 heteroatoms. The molecule has 2 aromatic rings. The Balaban J connectivity index is 2.29. The van der Waals surface area contributed by atoms with Crippen LogP contribution in [0.15, 0.2) is 6.20 Å². The first-order chi connectivity index (χ1) is 10.0. The number of primary amides is 2. The second-order valence-corrected chi connectivity index (χ2v) is 3.77. The van der Waals surface area contributed by atoms with Gasteiger partial charge in [0.1, 0.15) is 6.73 Å². The zero-order valence-corrected chi connectivity index (χ0v) is 10.7. The average Bonchev–Trinajstić information content (AvgIpc) is 3.05. The number of hydrogen-bond acceptors (Lipinski definition) is 8. The predicted octanol–water partition coefficient (Wildman–Crippen LogP) is -2.98. The molecule has 0 bridgehead atoms. The van der Waals surface area contributed by atoms with Gasteiger partial charge >= 0.3 is 0 Å². The minimum Gasteiger partial charge on any atom is -0.394 e. The summed E-state index contributed by atoms with van der Waals surface area (Å²) in [5.41, 5.74) is 10.1. The molecule has 112 valence electrons. The highest BCUT2D eigenvalue weighted by Crippen LogP contribution is 2.04. The molecule has 12 nitrogen and oxygen atoms in total. The van der Waals surface area contributed by atoms with Crippen LogP contribution in [0.2, 0.25) is 0 Å². The first-order valence-corrected chi connectivity index (χ1v) is 5.68. The molecule has 0 aliphatic rings. The molecule has 0 fully saturated rings. The van der Waals surface area contributed by atoms with Crippen LogP contribution in [-0.2, 0) is 11.5 Å². The van der Waals surface area contributed by atoms with Gasteiger partial charge in [-0.1, -0.05) is 5.21 Å². The third-order valence-electron chi connectivity index (χ3n) is 2.28. The fourth-order valence-electron chi connectivity index (χ4n) is 1.39. The fourth-order valence-corrected chi connectivity index (χ4v) is 1.39. The van der Waals surface area contributed by atoms with Crippen LogP contribution in [0, 0.1) is 0 Å². The van der Waals surface area contributed by atoms with Gasteiger partial charge in [-0.05, 0) is 0 Å². The lowest BCUT2D eigenvalue weighted by molar-refractivity contribution is 0.0398. The first-order valence-electron chi connectivity index (χ1n) is 5.68. The van der Waals surface area contributed by atoms with Crippen LogP contribution in [0.25, 0.3) is 5.95 Å². The second kappa shape index (κ2) is 6.06. The molecule has 0 aliphatic heterocycles. The van der Waals surface area contributed by atoms with E-state index in [1.54, 1.807) is 0 Å². The monoisotopic (exact) mass is 296 g/mol. The molecule has 0 atom stereocenters. The van der Waals surface area contributed by atoms with Gasteiger partial charge in [0.05, 0.1) is 19.4 Å². The largest absolute Gasteiger partial charge is 0.394 e. The van der Waals surface area contributed by atoms with Gasteiger partial charge in [0.2, 0.25) is 5.82 Å². The summed E-state index contributed by atoms with van der Waals surface area (Å²) in [6, 6.07) is 0. The lowest BCUT2D eigenvalue weighted by Gasteiger charge is -2.03. The molecule has 0 unspecified atom stereocenters. The van der Waals surface area contributed by atoms with Crippen molar-refractivity contribution in [1.82, 2.24) is 29.8 Å². The van der Waals surface area contributed by atoms with E-state index in [-0.39, 0.29) is 37.4 Å². The molecule has 2 heterocycles. The molecular formula is C9H12N8O4. The summed E-state index contributed by atoms with van der Waals surface area (Å²) in [7, 11) is 0. The van der Waals surface area contributed by atoms with Crippen LogP contribution in [-0.4, -0.2) is 59.9 Å². The highest BCUT2D eigenvalue weighted by Gasteiger charge is 2.18. The molecule has 0 spiro atoms. The van der Waals surface area contributed by atoms with E-state index in [0.717, 1.165) is 9.36 Å². The van der Waals surface area contributed by atoms with Crippen LogP contribution in [0.4, 0.5) is 0 Å². The van der Waals surface area contributed by atoms with Gasteiger partial charge in [-0.25, -0.2) is 4.68 Å². The van der Waals surface area contributed by atoms with E-state index < -0.39 is 11.8 Å². The van der Waals surface area contributed by atoms with Gasteiger partial charge in [-0.2, -0.15) is 9.67 Å². The van der Waals surface area contributed by atoms with E-state index in [1.807, 2.05) is 0 Å². The highest BCUT2D eigenvalue weighted by molar-refractivity contribution is 5.90. The quantitative estimate of drug-likeness (QED) is 0.453. The Morgan fingerprint density at radius 2 is 2.10 bits per heavy atom. The van der Waals surface area contributed by atoms with Crippen LogP contribution in [0.5, 0.6) is 0 Å². The van der Waals surface area contributed by atoms with Crippen molar-refractivity contribution in [3.05, 3.63) is 17.7 Å². The maximum Gasteiger partial charge on any atom is 0.286 e. The van der Waals surface area contributed by atoms with E-state index in [1.165, 1.54) is 6.20 Å². The van der Waals surface area contributed by atoms with Gasteiger partial charge in [0.25, 0.3) is 17.8 Å². The van der Waals surface area contributed by atoms with Crippen molar-refractivity contribution in [2.45, 2.75) is 6.73 Å². The number of ether oxygens (including phenoxy) is 1. The lowest BCUT2D eigenvalue weighted by atomic mass is 10.5. The predicted molar refractivity (Wildman–Crippen MR) is 65.0 cm³/mol. The van der Waals surface area contributed by atoms with E-state index in [0.29, 0.717) is 0 Å². The van der Waals surface area contributed by atoms with Crippen molar-refractivity contribution in [3.8, 4) is 5.95 Å². The van der Waals surface area contributed by atoms with Crippen LogP contribution < -0.4 is 11.5 Å². The molecule has 5 N–H and O–H groups in total. The van der Waals surface area contributed by atoms with Gasteiger partial charge in [-0.3, -0.25) is 9.59 Å². The zero-order chi connectivity index (χ0) is 15.4. The van der Waals surface area contributed by atoms with Crippen LogP contribution >= 0.6 is 0 Å². The first kappa shape index (κ1) is 14.5. The van der Waals surface area contributed by atoms with E-state index in [4.69, 9.17) is 21.3 Å². The number of amides is 2. The van der Waals surface area contributed by atoms with Crippen LogP contribution in [0.1, 0.15) is 21.1 Å². The third-order valence-corrected chi connectivity index (χ3v) is 2.28. The summed E-state index contributed by atoms with van der Waals surface area (Å²) < 4.78 is 7.20. The summed E-state index contributed by atoms with van der Waals surface area (Å²) in [4.78, 5) is 26.1. The smallest absolute Gasteiger partial charge is 0.286 e. The number of rotatable bonds is 7. The maximum absolute atomic E-state index is 11.3. The summed E-state index contributed by atoms with van der Waals surface area (Å²) >= 11 is 0. The van der Waals surface area contributed by atoms with Crippen molar-refractivity contribution in [2.75, 3.05) is 13.2 Å². The van der Waals surface area contributed by atoms with E-state index >= 15 is 0 Å². The molecule has 0 aromatic carbocycles. The van der Waals surface area contributed by atoms with Crippen molar-refractivity contribution in [3.63, 3.8) is 0 Å². The van der Waals surface area contributed by atoms with Gasteiger partial charge in [0, 0.05) is 0 Å². The lowest BCUT2D eigenvalue weighted by Crippen LogP contribution is -2.20. The van der Waals surface area contributed by atoms with Crippen molar-refractivity contribution in [1.29, 1.82) is 0 Å². The molecule has 21 heavy (non-hydrogen) atoms. The van der Waals surface area contributed by atoms with Gasteiger partial charge in [0.15, 0.2) is 5.69 Å². The third kappa shape index (κ3) is 3.18. The number of aliphatic hydroxyl groups excluding tert-OH is 1. The second-order valence-electron chi connectivity index (χ2n) is 3.77. The molecule has 2 amide bonds. The number of carbonyl (C=O) groups excluding carboxylic acids is 2. The number of aliphatic hydroxyl groups is 1. The van der Waals surface area contributed by atoms with Gasteiger partial charge < -0.3 is 21.3 Å². The standard InChI is InChI=1S/C9H12N8O4/c10-6(19)5-3-16(15-13-5)9-12-8(7(11)20)17(14-9)4-21-2-1-18/h3,18H,1-2,4H2,(H2,10,19)(H2,11,20). The number of nitrogens with two attached hydrogens (primary N) is 2. The summed E-state index contributed by atoms with van der Waals surface area (Å²) in [5.74, 6) is -1.78.